The first kappa shape index (κ1) is 22.8. The van der Waals surface area contributed by atoms with Gasteiger partial charge in [-0.1, -0.05) is 35.9 Å². The van der Waals surface area contributed by atoms with Crippen molar-refractivity contribution in [3.8, 4) is 0 Å². The Kier molecular flexibility index (Phi) is 6.38. The van der Waals surface area contributed by atoms with E-state index in [-0.39, 0.29) is 17.1 Å². The first-order valence-corrected chi connectivity index (χ1v) is 11.0. The van der Waals surface area contributed by atoms with E-state index < -0.39 is 17.9 Å². The van der Waals surface area contributed by atoms with Crippen LogP contribution in [0.3, 0.4) is 0 Å². The zero-order chi connectivity index (χ0) is 23.7. The van der Waals surface area contributed by atoms with Crippen LogP contribution in [0.5, 0.6) is 0 Å². The monoisotopic (exact) mass is 465 g/mol. The third kappa shape index (κ3) is 4.07. The number of allylic oxidation sites excluding steroid dienone is 2. The zero-order valence-electron chi connectivity index (χ0n) is 18.7. The van der Waals surface area contributed by atoms with Crippen LogP contribution in [0.25, 0.3) is 0 Å². The predicted molar refractivity (Wildman–Crippen MR) is 125 cm³/mol. The van der Waals surface area contributed by atoms with Crippen LogP contribution >= 0.6 is 11.6 Å². The van der Waals surface area contributed by atoms with E-state index >= 15 is 0 Å². The molecule has 0 radical (unpaired) electrons. The molecule has 1 aliphatic carbocycles. The quantitative estimate of drug-likeness (QED) is 0.600. The number of carbonyl (C=O) groups excluding carboxylic acids is 3. The Hall–Kier alpha value is -3.38. The summed E-state index contributed by atoms with van der Waals surface area (Å²) < 4.78 is 10.3. The second-order valence-electron chi connectivity index (χ2n) is 8.04. The number of methoxy groups -OCH3 is 2. The van der Waals surface area contributed by atoms with Crippen LogP contribution < -0.4 is 4.90 Å². The number of halogens is 1. The van der Waals surface area contributed by atoms with Crippen LogP contribution in [0.4, 0.5) is 5.69 Å². The Morgan fingerprint density at radius 1 is 1.00 bits per heavy atom. The minimum absolute atomic E-state index is 0.0563. The third-order valence-electron chi connectivity index (χ3n) is 6.00. The standard InChI is InChI=1S/C26H24ClNO5/c1-15-6-4-7-18(14-15)28-19-8-5-9-20(29)22(19)21(16-10-12-17(27)13-11-16)23(25(30)32-2)24(28)26(31)33-3/h4,6-7,10-14,21H,5,8-9H2,1-3H3. The lowest BCUT2D eigenvalue weighted by atomic mass is 9.74. The van der Waals surface area contributed by atoms with Gasteiger partial charge in [0.1, 0.15) is 5.70 Å². The number of hydrogen-bond donors (Lipinski definition) is 0. The lowest BCUT2D eigenvalue weighted by Gasteiger charge is -2.41. The summed E-state index contributed by atoms with van der Waals surface area (Å²) in [5, 5.41) is 0.525. The van der Waals surface area contributed by atoms with Crippen molar-refractivity contribution in [2.45, 2.75) is 32.1 Å². The van der Waals surface area contributed by atoms with E-state index in [0.717, 1.165) is 5.56 Å². The van der Waals surface area contributed by atoms with Crippen LogP contribution in [-0.4, -0.2) is 31.9 Å². The molecule has 1 atom stereocenters. The number of esters is 2. The molecule has 1 heterocycles. The first-order valence-electron chi connectivity index (χ1n) is 10.7. The molecule has 170 valence electrons. The third-order valence-corrected chi connectivity index (χ3v) is 6.25. The molecule has 0 bridgehead atoms. The van der Waals surface area contributed by atoms with Gasteiger partial charge in [0.2, 0.25) is 0 Å². The van der Waals surface area contributed by atoms with E-state index in [1.54, 1.807) is 29.2 Å². The highest BCUT2D eigenvalue weighted by Gasteiger charge is 2.45. The van der Waals surface area contributed by atoms with Crippen LogP contribution in [0, 0.1) is 6.92 Å². The van der Waals surface area contributed by atoms with Gasteiger partial charge >= 0.3 is 11.9 Å². The minimum atomic E-state index is -0.771. The number of Topliss-reactive ketones (excluding diaryl/α,β-unsaturated/α-hetero) is 1. The summed E-state index contributed by atoms with van der Waals surface area (Å²) in [5.41, 5.74) is 3.65. The van der Waals surface area contributed by atoms with Gasteiger partial charge in [-0.3, -0.25) is 4.79 Å². The molecular formula is C26H24ClNO5. The highest BCUT2D eigenvalue weighted by atomic mass is 35.5. The average Bonchev–Trinajstić information content (AvgIpc) is 2.82. The SMILES string of the molecule is COC(=O)C1=C(C(=O)OC)N(c2cccc(C)c2)C2=C(C(=O)CCC2)C1c1ccc(Cl)cc1. The topological polar surface area (TPSA) is 72.9 Å². The number of carbonyl (C=O) groups is 3. The predicted octanol–water partition coefficient (Wildman–Crippen LogP) is 4.86. The van der Waals surface area contributed by atoms with E-state index in [1.165, 1.54) is 14.2 Å². The van der Waals surface area contributed by atoms with Crippen molar-refractivity contribution in [2.24, 2.45) is 0 Å². The number of aryl methyl sites for hydroxylation is 1. The number of ether oxygens (including phenoxy) is 2. The van der Waals surface area contributed by atoms with Gasteiger partial charge in [0.15, 0.2) is 5.78 Å². The molecule has 33 heavy (non-hydrogen) atoms. The van der Waals surface area contributed by atoms with Crippen LogP contribution in [0.15, 0.2) is 71.1 Å². The van der Waals surface area contributed by atoms with Gasteiger partial charge in [-0.15, -0.1) is 0 Å². The molecule has 2 aromatic carbocycles. The highest BCUT2D eigenvalue weighted by molar-refractivity contribution is 6.30. The second kappa shape index (κ2) is 9.24. The summed E-state index contributed by atoms with van der Waals surface area (Å²) in [4.78, 5) is 41.4. The summed E-state index contributed by atoms with van der Waals surface area (Å²) in [6.07, 6.45) is 1.59. The lowest BCUT2D eigenvalue weighted by molar-refractivity contribution is -0.139. The van der Waals surface area contributed by atoms with Crippen LogP contribution in [0.2, 0.25) is 5.02 Å². The molecule has 0 aromatic heterocycles. The van der Waals surface area contributed by atoms with Gasteiger partial charge in [-0.2, -0.15) is 0 Å². The zero-order valence-corrected chi connectivity index (χ0v) is 19.4. The molecule has 1 aliphatic heterocycles. The summed E-state index contributed by atoms with van der Waals surface area (Å²) in [6, 6.07) is 14.5. The van der Waals surface area contributed by atoms with E-state index in [2.05, 4.69) is 0 Å². The second-order valence-corrected chi connectivity index (χ2v) is 8.48. The van der Waals surface area contributed by atoms with Crippen molar-refractivity contribution >= 4 is 35.0 Å². The smallest absolute Gasteiger partial charge is 0.355 e. The summed E-state index contributed by atoms with van der Waals surface area (Å²) in [6.45, 7) is 1.94. The van der Waals surface area contributed by atoms with Gasteiger partial charge < -0.3 is 14.4 Å². The van der Waals surface area contributed by atoms with Crippen LogP contribution in [-0.2, 0) is 23.9 Å². The summed E-state index contributed by atoms with van der Waals surface area (Å²) in [7, 11) is 2.53. The highest BCUT2D eigenvalue weighted by Crippen LogP contribution is 2.48. The molecule has 2 aliphatic rings. The number of hydrogen-bond acceptors (Lipinski definition) is 6. The normalized spacial score (nSPS) is 18.2. The average molecular weight is 466 g/mol. The van der Waals surface area contributed by atoms with Crippen LogP contribution in [0.1, 0.15) is 36.3 Å². The molecule has 0 N–H and O–H groups in total. The Morgan fingerprint density at radius 2 is 1.70 bits per heavy atom. The van der Waals surface area contributed by atoms with Gasteiger partial charge in [0.05, 0.1) is 19.8 Å². The van der Waals surface area contributed by atoms with E-state index in [0.29, 0.717) is 46.8 Å². The number of benzene rings is 2. The molecule has 4 rings (SSSR count). The largest absolute Gasteiger partial charge is 0.466 e. The van der Waals surface area contributed by atoms with Gasteiger partial charge in [0.25, 0.3) is 0 Å². The minimum Gasteiger partial charge on any atom is -0.466 e. The van der Waals surface area contributed by atoms with E-state index in [9.17, 15) is 14.4 Å². The Balaban J connectivity index is 2.10. The van der Waals surface area contributed by atoms with Crippen molar-refractivity contribution < 1.29 is 23.9 Å². The number of nitrogens with zero attached hydrogens (tertiary/aromatic N) is 1. The number of anilines is 1. The molecule has 0 amide bonds. The van der Waals surface area contributed by atoms with Crippen molar-refractivity contribution in [3.05, 3.63) is 87.2 Å². The molecule has 2 aromatic rings. The van der Waals surface area contributed by atoms with Crippen molar-refractivity contribution in [1.82, 2.24) is 0 Å². The number of ketones is 1. The molecule has 0 spiro atoms. The maximum atomic E-state index is 13.3. The molecule has 0 saturated carbocycles. The Labute approximate surface area is 197 Å². The lowest BCUT2D eigenvalue weighted by Crippen LogP contribution is -2.41. The molecule has 6 nitrogen and oxygen atoms in total. The molecule has 1 unspecified atom stereocenters. The van der Waals surface area contributed by atoms with Gasteiger partial charge in [0, 0.05) is 34.3 Å². The molecule has 0 fully saturated rings. The molecule has 0 saturated heterocycles. The summed E-state index contributed by atoms with van der Waals surface area (Å²) >= 11 is 6.10. The molecule has 7 heteroatoms. The van der Waals surface area contributed by atoms with Crippen molar-refractivity contribution in [1.29, 1.82) is 0 Å². The Morgan fingerprint density at radius 3 is 2.33 bits per heavy atom. The summed E-state index contributed by atoms with van der Waals surface area (Å²) in [5.74, 6) is -2.20. The van der Waals surface area contributed by atoms with Crippen molar-refractivity contribution in [2.75, 3.05) is 19.1 Å². The van der Waals surface area contributed by atoms with Gasteiger partial charge in [-0.05, 0) is 55.2 Å². The van der Waals surface area contributed by atoms with E-state index in [4.69, 9.17) is 21.1 Å². The Bertz CT molecular complexity index is 1200. The number of rotatable bonds is 4. The fourth-order valence-electron chi connectivity index (χ4n) is 4.61. The fraction of sp³-hybridized carbons (Fsp3) is 0.269. The fourth-order valence-corrected chi connectivity index (χ4v) is 4.73. The maximum Gasteiger partial charge on any atom is 0.355 e. The van der Waals surface area contributed by atoms with Crippen molar-refractivity contribution in [3.63, 3.8) is 0 Å². The molecular weight excluding hydrogens is 442 g/mol. The maximum absolute atomic E-state index is 13.3. The first-order chi connectivity index (χ1) is 15.9. The van der Waals surface area contributed by atoms with Gasteiger partial charge in [-0.25, -0.2) is 9.59 Å². The van der Waals surface area contributed by atoms with E-state index in [1.807, 2.05) is 31.2 Å².